The summed E-state index contributed by atoms with van der Waals surface area (Å²) in [6.07, 6.45) is 21.9. The van der Waals surface area contributed by atoms with Gasteiger partial charge in [0.2, 0.25) is 5.91 Å². The number of hydrogen-bond donors (Lipinski definition) is 2. The van der Waals surface area contributed by atoms with Crippen LogP contribution in [0.1, 0.15) is 128 Å². The monoisotopic (exact) mass is 526 g/mol. The second-order valence-corrected chi connectivity index (χ2v) is 13.7. The highest BCUT2D eigenvalue weighted by molar-refractivity contribution is 5.83. The first-order valence-corrected chi connectivity index (χ1v) is 16.3. The van der Waals surface area contributed by atoms with Gasteiger partial charge in [0.25, 0.3) is 5.91 Å². The van der Waals surface area contributed by atoms with Crippen molar-refractivity contribution >= 4 is 11.8 Å². The van der Waals surface area contributed by atoms with Crippen molar-refractivity contribution in [3.05, 3.63) is 11.1 Å². The third-order valence-electron chi connectivity index (χ3n) is 11.7. The molecule has 6 heteroatoms. The largest absolute Gasteiger partial charge is 0.286 e. The van der Waals surface area contributed by atoms with Gasteiger partial charge in [0, 0.05) is 11.8 Å². The van der Waals surface area contributed by atoms with E-state index in [0.717, 1.165) is 74.3 Å². The average Bonchev–Trinajstić information content (AvgIpc) is 2.97. The minimum atomic E-state index is -0.580. The number of carbonyl (C=O) groups excluding carboxylic acids is 2. The Morgan fingerprint density at radius 1 is 0.763 bits per heavy atom. The fourth-order valence-corrected chi connectivity index (χ4v) is 9.98. The fourth-order valence-electron chi connectivity index (χ4n) is 9.98. The molecule has 5 aliphatic carbocycles. The smallest absolute Gasteiger partial charge is 0.250 e. The Hall–Kier alpha value is -1.40. The van der Waals surface area contributed by atoms with Crippen LogP contribution in [0.25, 0.3) is 0 Å². The maximum atomic E-state index is 14.2. The Labute approximate surface area is 229 Å². The molecule has 0 aromatic rings. The lowest BCUT2D eigenvalue weighted by Gasteiger charge is -2.53. The summed E-state index contributed by atoms with van der Waals surface area (Å²) in [6, 6.07) is -1.12. The normalized spacial score (nSPS) is 34.0. The van der Waals surface area contributed by atoms with E-state index in [4.69, 9.17) is 0 Å². The number of carbonyl (C=O) groups is 2. The van der Waals surface area contributed by atoms with Crippen LogP contribution in [-0.2, 0) is 9.59 Å². The summed E-state index contributed by atoms with van der Waals surface area (Å²) >= 11 is 0. The van der Waals surface area contributed by atoms with Crippen LogP contribution in [0.15, 0.2) is 11.1 Å². The van der Waals surface area contributed by atoms with Crippen molar-refractivity contribution in [1.29, 1.82) is 0 Å². The van der Waals surface area contributed by atoms with Gasteiger partial charge >= 0.3 is 0 Å². The van der Waals surface area contributed by atoms with E-state index in [-0.39, 0.29) is 29.6 Å². The van der Waals surface area contributed by atoms with E-state index in [1.807, 2.05) is 0 Å². The maximum absolute atomic E-state index is 14.2. The predicted octanol–water partition coefficient (Wildman–Crippen LogP) is 7.04. The second-order valence-electron chi connectivity index (χ2n) is 13.7. The topological polar surface area (TPSA) is 81.1 Å². The molecule has 1 aliphatic heterocycles. The summed E-state index contributed by atoms with van der Waals surface area (Å²) in [5.74, 6) is 0.674. The van der Waals surface area contributed by atoms with Crippen LogP contribution in [-0.4, -0.2) is 44.4 Å². The second kappa shape index (κ2) is 11.6. The Bertz CT molecular complexity index is 881. The van der Waals surface area contributed by atoms with Crippen LogP contribution in [0.5, 0.6) is 0 Å². The molecule has 4 fully saturated rings. The summed E-state index contributed by atoms with van der Waals surface area (Å²) < 4.78 is 0. The summed E-state index contributed by atoms with van der Waals surface area (Å²) in [4.78, 5) is 28.1. The average molecular weight is 527 g/mol. The molecule has 2 N–H and O–H groups in total. The first-order valence-electron chi connectivity index (χ1n) is 16.3. The van der Waals surface area contributed by atoms with Crippen LogP contribution in [0.4, 0.5) is 0 Å². The molecule has 0 radical (unpaired) electrons. The first kappa shape index (κ1) is 26.8. The van der Waals surface area contributed by atoms with Gasteiger partial charge in [-0.2, -0.15) is 0 Å². The number of hydroxylamine groups is 4. The van der Waals surface area contributed by atoms with E-state index in [1.54, 1.807) is 0 Å². The molecule has 0 bridgehead atoms. The van der Waals surface area contributed by atoms with E-state index in [0.29, 0.717) is 24.2 Å². The van der Waals surface area contributed by atoms with Gasteiger partial charge in [-0.25, -0.2) is 10.1 Å². The van der Waals surface area contributed by atoms with E-state index in [9.17, 15) is 20.0 Å². The molecule has 4 atom stereocenters. The van der Waals surface area contributed by atoms with Gasteiger partial charge < -0.3 is 0 Å². The van der Waals surface area contributed by atoms with Crippen molar-refractivity contribution in [2.75, 3.05) is 0 Å². The van der Waals surface area contributed by atoms with Gasteiger partial charge in [-0.05, 0) is 99.9 Å². The molecule has 6 nitrogen and oxygen atoms in total. The number of piperidine rings is 1. The van der Waals surface area contributed by atoms with Crippen molar-refractivity contribution < 1.29 is 20.0 Å². The van der Waals surface area contributed by atoms with Gasteiger partial charge in [0.05, 0.1) is 6.04 Å². The lowest BCUT2D eigenvalue weighted by atomic mass is 9.60. The molecular formula is C32H50N2O4. The molecule has 0 aromatic carbocycles. The van der Waals surface area contributed by atoms with Crippen molar-refractivity contribution in [3.63, 3.8) is 0 Å². The number of hydrogen-bond acceptors (Lipinski definition) is 4. The minimum absolute atomic E-state index is 0.125. The van der Waals surface area contributed by atoms with E-state index >= 15 is 0 Å². The van der Waals surface area contributed by atoms with Gasteiger partial charge in [-0.1, -0.05) is 63.4 Å². The Balaban J connectivity index is 1.28. The zero-order valence-electron chi connectivity index (χ0n) is 23.4. The molecular weight excluding hydrogens is 476 g/mol. The van der Waals surface area contributed by atoms with Crippen LogP contribution < -0.4 is 0 Å². The third-order valence-corrected chi connectivity index (χ3v) is 11.7. The highest BCUT2D eigenvalue weighted by Crippen LogP contribution is 2.52. The standard InChI is InChI=1S/C32H50N2O4/c35-31(27(21-11-4-1-5-12-21)22-13-6-2-7-14-22)33(37)26-20-19-24-17-10-18-25-28(24)30(26)34(38)32(36)29(25)23-15-8-3-9-16-23/h21-23,25-27,29-30,37-38H,1-20H2/t25?,26-,29?,30+/m1/s1. The molecule has 212 valence electrons. The van der Waals surface area contributed by atoms with Crippen molar-refractivity contribution in [2.24, 2.45) is 35.5 Å². The predicted molar refractivity (Wildman–Crippen MR) is 145 cm³/mol. The molecule has 0 aromatic heterocycles. The van der Waals surface area contributed by atoms with E-state index in [1.165, 1.54) is 68.9 Å². The summed E-state index contributed by atoms with van der Waals surface area (Å²) in [6.45, 7) is 0. The van der Waals surface area contributed by atoms with Crippen LogP contribution in [0.2, 0.25) is 0 Å². The van der Waals surface area contributed by atoms with Gasteiger partial charge in [0.1, 0.15) is 6.04 Å². The quantitative estimate of drug-likeness (QED) is 0.229. The minimum Gasteiger partial charge on any atom is -0.286 e. The van der Waals surface area contributed by atoms with Crippen LogP contribution >= 0.6 is 0 Å². The van der Waals surface area contributed by atoms with Gasteiger partial charge in [-0.15, -0.1) is 0 Å². The summed E-state index contributed by atoms with van der Waals surface area (Å²) in [5.41, 5.74) is 2.61. The van der Waals surface area contributed by atoms with Crippen LogP contribution in [0.3, 0.4) is 0 Å². The zero-order valence-corrected chi connectivity index (χ0v) is 23.4. The number of amides is 2. The zero-order chi connectivity index (χ0) is 26.2. The van der Waals surface area contributed by atoms with Crippen LogP contribution in [0, 0.1) is 35.5 Å². The first-order chi connectivity index (χ1) is 18.6. The highest BCUT2D eigenvalue weighted by Gasteiger charge is 2.55. The lowest BCUT2D eigenvalue weighted by Crippen LogP contribution is -2.63. The van der Waals surface area contributed by atoms with Gasteiger partial charge in [0.15, 0.2) is 0 Å². The lowest BCUT2D eigenvalue weighted by molar-refractivity contribution is -0.221. The van der Waals surface area contributed by atoms with E-state index in [2.05, 4.69) is 0 Å². The van der Waals surface area contributed by atoms with Gasteiger partial charge in [-0.3, -0.25) is 20.0 Å². The fraction of sp³-hybridized carbons (Fsp3) is 0.875. The molecule has 1 heterocycles. The molecule has 1 saturated heterocycles. The van der Waals surface area contributed by atoms with E-state index < -0.39 is 12.1 Å². The van der Waals surface area contributed by atoms with Crippen molar-refractivity contribution in [1.82, 2.24) is 10.1 Å². The number of nitrogens with zero attached hydrogens (tertiary/aromatic N) is 2. The molecule has 3 saturated carbocycles. The molecule has 0 spiro atoms. The van der Waals surface area contributed by atoms with Crippen molar-refractivity contribution in [2.45, 2.75) is 141 Å². The SMILES string of the molecule is O=C(C(C1CCCCC1)C1CCCCC1)N(O)[C@@H]1CCC2=C3C(CCC2)C(C2CCCCC2)C(=O)N(O)[C@H]31. The summed E-state index contributed by atoms with van der Waals surface area (Å²) in [7, 11) is 0. The molecule has 2 unspecified atom stereocenters. The summed E-state index contributed by atoms with van der Waals surface area (Å²) in [5, 5.41) is 25.2. The maximum Gasteiger partial charge on any atom is 0.250 e. The molecule has 6 aliphatic rings. The Morgan fingerprint density at radius 2 is 1.34 bits per heavy atom. The Morgan fingerprint density at radius 3 is 1.95 bits per heavy atom. The molecule has 6 rings (SSSR count). The number of allylic oxidation sites excluding steroid dienone is 1. The molecule has 38 heavy (non-hydrogen) atoms. The molecule has 2 amide bonds. The Kier molecular flexibility index (Phi) is 8.19. The van der Waals surface area contributed by atoms with Crippen molar-refractivity contribution in [3.8, 4) is 0 Å². The number of rotatable bonds is 5. The third kappa shape index (κ3) is 4.87. The highest BCUT2D eigenvalue weighted by atomic mass is 16.5.